The van der Waals surface area contributed by atoms with Gasteiger partial charge in [0.15, 0.2) is 0 Å². The van der Waals surface area contributed by atoms with E-state index in [-0.39, 0.29) is 5.41 Å². The SMILES string of the molecule is CCC1Cc2nc3cnc4ccccc4c3n2CC1(C)COCCOCCOCCOCCNC(=O)OC(C)(C)C. The minimum absolute atomic E-state index is 0.00525. The van der Waals surface area contributed by atoms with Crippen LogP contribution in [0.15, 0.2) is 30.5 Å². The van der Waals surface area contributed by atoms with Gasteiger partial charge in [0.25, 0.3) is 0 Å². The molecule has 1 N–H and O–H groups in total. The Balaban J connectivity index is 1.10. The predicted octanol–water partition coefficient (Wildman–Crippen LogP) is 4.76. The number of rotatable bonds is 15. The topological polar surface area (TPSA) is 106 Å². The van der Waals surface area contributed by atoms with Gasteiger partial charge in [-0.25, -0.2) is 9.78 Å². The number of ether oxygens (including phenoxy) is 5. The molecule has 1 aliphatic rings. The summed E-state index contributed by atoms with van der Waals surface area (Å²) < 4.78 is 30.4. The zero-order valence-corrected chi connectivity index (χ0v) is 25.2. The highest BCUT2D eigenvalue weighted by molar-refractivity contribution is 6.02. The van der Waals surface area contributed by atoms with Gasteiger partial charge in [-0.2, -0.15) is 0 Å². The Morgan fingerprint density at radius 1 is 1.00 bits per heavy atom. The molecule has 226 valence electrons. The van der Waals surface area contributed by atoms with Crippen molar-refractivity contribution in [2.45, 2.75) is 59.6 Å². The van der Waals surface area contributed by atoms with Crippen LogP contribution in [0.2, 0.25) is 0 Å². The van der Waals surface area contributed by atoms with E-state index in [0.717, 1.165) is 41.6 Å². The molecule has 0 saturated carbocycles. The molecule has 2 atom stereocenters. The minimum atomic E-state index is -0.506. The second-order valence-electron chi connectivity index (χ2n) is 11.9. The third-order valence-electron chi connectivity index (χ3n) is 7.45. The van der Waals surface area contributed by atoms with E-state index >= 15 is 0 Å². The number of nitrogens with one attached hydrogen (secondary N) is 1. The molecule has 2 aromatic heterocycles. The lowest BCUT2D eigenvalue weighted by molar-refractivity contribution is -0.0360. The Bertz CT molecular complexity index is 1270. The lowest BCUT2D eigenvalue weighted by Crippen LogP contribution is -2.42. The molecule has 0 spiro atoms. The number of pyridine rings is 1. The van der Waals surface area contributed by atoms with Gasteiger partial charge in [-0.15, -0.1) is 0 Å². The Labute approximate surface area is 243 Å². The first-order chi connectivity index (χ1) is 19.7. The minimum Gasteiger partial charge on any atom is -0.444 e. The molecule has 0 aliphatic carbocycles. The number of hydrogen-bond donors (Lipinski definition) is 1. The molecule has 1 amide bonds. The lowest BCUT2D eigenvalue weighted by atomic mass is 9.72. The molecule has 3 heterocycles. The summed E-state index contributed by atoms with van der Waals surface area (Å²) in [5, 5.41) is 3.81. The molecule has 1 aromatic carbocycles. The summed E-state index contributed by atoms with van der Waals surface area (Å²) in [7, 11) is 0. The monoisotopic (exact) mass is 570 g/mol. The summed E-state index contributed by atoms with van der Waals surface area (Å²) in [4.78, 5) is 21.1. The van der Waals surface area contributed by atoms with Crippen LogP contribution in [-0.2, 0) is 36.6 Å². The summed E-state index contributed by atoms with van der Waals surface area (Å²) in [6.45, 7) is 15.4. The number of amides is 1. The first kappa shape index (κ1) is 31.2. The highest BCUT2D eigenvalue weighted by Crippen LogP contribution is 2.41. The van der Waals surface area contributed by atoms with Crippen molar-refractivity contribution in [3.63, 3.8) is 0 Å². The van der Waals surface area contributed by atoms with Gasteiger partial charge in [-0.1, -0.05) is 38.5 Å². The maximum atomic E-state index is 11.6. The van der Waals surface area contributed by atoms with Crippen LogP contribution in [-0.4, -0.2) is 85.6 Å². The first-order valence-corrected chi connectivity index (χ1v) is 14.7. The van der Waals surface area contributed by atoms with E-state index in [9.17, 15) is 4.79 Å². The van der Waals surface area contributed by atoms with Gasteiger partial charge in [0.1, 0.15) is 16.9 Å². The quantitative estimate of drug-likeness (QED) is 0.261. The van der Waals surface area contributed by atoms with Crippen molar-refractivity contribution >= 4 is 28.0 Å². The van der Waals surface area contributed by atoms with Gasteiger partial charge in [-0.3, -0.25) is 4.98 Å². The molecule has 4 rings (SSSR count). The van der Waals surface area contributed by atoms with Crippen molar-refractivity contribution in [3.05, 3.63) is 36.3 Å². The number of hydrogen-bond acceptors (Lipinski definition) is 8. The zero-order chi connectivity index (χ0) is 29.3. The number of carbonyl (C=O) groups is 1. The van der Waals surface area contributed by atoms with Gasteiger partial charge in [-0.05, 0) is 32.8 Å². The third-order valence-corrected chi connectivity index (χ3v) is 7.45. The average Bonchev–Trinajstić information content (AvgIpc) is 3.29. The summed E-state index contributed by atoms with van der Waals surface area (Å²) in [6.07, 6.45) is 3.49. The number of alkyl carbamates (subject to hydrolysis) is 1. The second-order valence-corrected chi connectivity index (χ2v) is 11.9. The fourth-order valence-electron chi connectivity index (χ4n) is 5.40. The van der Waals surface area contributed by atoms with Crippen molar-refractivity contribution in [1.29, 1.82) is 0 Å². The van der Waals surface area contributed by atoms with E-state index in [0.29, 0.717) is 65.3 Å². The Morgan fingerprint density at radius 2 is 1.66 bits per heavy atom. The summed E-state index contributed by atoms with van der Waals surface area (Å²) in [5.41, 5.74) is 2.65. The van der Waals surface area contributed by atoms with Crippen LogP contribution in [0.25, 0.3) is 21.9 Å². The van der Waals surface area contributed by atoms with Crippen molar-refractivity contribution in [2.75, 3.05) is 59.4 Å². The fourth-order valence-corrected chi connectivity index (χ4v) is 5.40. The van der Waals surface area contributed by atoms with Crippen molar-refractivity contribution in [3.8, 4) is 0 Å². The largest absolute Gasteiger partial charge is 0.444 e. The molecule has 0 radical (unpaired) electrons. The third kappa shape index (κ3) is 8.61. The van der Waals surface area contributed by atoms with Crippen LogP contribution in [0.3, 0.4) is 0 Å². The Hall–Kier alpha value is -2.79. The highest BCUT2D eigenvalue weighted by atomic mass is 16.6. The average molecular weight is 571 g/mol. The van der Waals surface area contributed by atoms with Crippen LogP contribution < -0.4 is 5.32 Å². The molecule has 10 heteroatoms. The van der Waals surface area contributed by atoms with Gasteiger partial charge < -0.3 is 33.6 Å². The van der Waals surface area contributed by atoms with Gasteiger partial charge in [0.2, 0.25) is 0 Å². The molecule has 1 aliphatic heterocycles. The van der Waals surface area contributed by atoms with Crippen molar-refractivity contribution in [1.82, 2.24) is 19.9 Å². The van der Waals surface area contributed by atoms with E-state index in [2.05, 4.69) is 46.9 Å². The number of benzene rings is 1. The molecule has 0 fully saturated rings. The van der Waals surface area contributed by atoms with Gasteiger partial charge >= 0.3 is 6.09 Å². The molecule has 3 aromatic rings. The standard InChI is InChI=1S/C31H46N4O6/c1-6-23-19-27-34-26-20-33-25-10-8-7-9-24(25)28(26)35(27)21-31(23,5)22-40-18-17-39-16-15-38-14-13-37-12-11-32-29(36)41-30(2,3)4/h7-10,20,23H,6,11-19,21-22H2,1-5H3,(H,32,36). The highest BCUT2D eigenvalue weighted by Gasteiger charge is 2.40. The number of imidazole rings is 1. The van der Waals surface area contributed by atoms with Gasteiger partial charge in [0, 0.05) is 30.3 Å². The molecule has 0 bridgehead atoms. The maximum absolute atomic E-state index is 11.6. The van der Waals surface area contributed by atoms with Crippen LogP contribution >= 0.6 is 0 Å². The van der Waals surface area contributed by atoms with Crippen LogP contribution in [0.5, 0.6) is 0 Å². The molecule has 41 heavy (non-hydrogen) atoms. The Morgan fingerprint density at radius 3 is 2.34 bits per heavy atom. The summed E-state index contributed by atoms with van der Waals surface area (Å²) >= 11 is 0. The van der Waals surface area contributed by atoms with E-state index < -0.39 is 11.7 Å². The molecule has 10 nitrogen and oxygen atoms in total. The number of nitrogens with zero attached hydrogens (tertiary/aromatic N) is 3. The van der Waals surface area contributed by atoms with Crippen molar-refractivity contribution < 1.29 is 28.5 Å². The zero-order valence-electron chi connectivity index (χ0n) is 25.2. The van der Waals surface area contributed by atoms with Crippen LogP contribution in [0.1, 0.15) is 46.9 Å². The number of fused-ring (bicyclic) bond motifs is 5. The lowest BCUT2D eigenvalue weighted by Gasteiger charge is -2.41. The second kappa shape index (κ2) is 14.4. The first-order valence-electron chi connectivity index (χ1n) is 14.7. The molecule has 0 saturated heterocycles. The van der Waals surface area contributed by atoms with Crippen LogP contribution in [0.4, 0.5) is 4.79 Å². The number of para-hydroxylation sites is 1. The summed E-state index contributed by atoms with van der Waals surface area (Å²) in [6, 6.07) is 8.29. The summed E-state index contributed by atoms with van der Waals surface area (Å²) in [5.74, 6) is 1.64. The van der Waals surface area contributed by atoms with E-state index in [1.54, 1.807) is 0 Å². The fraction of sp³-hybridized carbons (Fsp3) is 0.645. The van der Waals surface area contributed by atoms with Crippen LogP contribution in [0, 0.1) is 11.3 Å². The molecular weight excluding hydrogens is 524 g/mol. The van der Waals surface area contributed by atoms with E-state index in [1.165, 1.54) is 5.52 Å². The Kier molecular flexibility index (Phi) is 10.9. The molecular formula is C31H46N4O6. The maximum Gasteiger partial charge on any atom is 0.407 e. The smallest absolute Gasteiger partial charge is 0.407 e. The van der Waals surface area contributed by atoms with E-state index in [1.807, 2.05) is 33.0 Å². The van der Waals surface area contributed by atoms with Crippen molar-refractivity contribution in [2.24, 2.45) is 11.3 Å². The van der Waals surface area contributed by atoms with E-state index in [4.69, 9.17) is 28.7 Å². The molecule has 2 unspecified atom stereocenters. The van der Waals surface area contributed by atoms with Gasteiger partial charge in [0.05, 0.1) is 70.1 Å². The predicted molar refractivity (Wildman–Crippen MR) is 158 cm³/mol. The number of aromatic nitrogens is 3. The normalized spacial score (nSPS) is 19.0. The number of carbonyl (C=O) groups excluding carboxylic acids is 1.